The highest BCUT2D eigenvalue weighted by molar-refractivity contribution is 5.92. The molecule has 0 spiro atoms. The van der Waals surface area contributed by atoms with Crippen LogP contribution in [0.1, 0.15) is 16.7 Å². The molecule has 2 N–H and O–H groups in total. The Kier molecular flexibility index (Phi) is 5.14. The van der Waals surface area contributed by atoms with E-state index in [0.717, 1.165) is 16.8 Å². The standard InChI is InChI=1S/C17H18N2O3/c1-12-6-7-16(13(2)8-12)19-17(20)11-22-15-5-3-4-14(9-15)10-18-21/h3-10,21H,11H2,1-2H3,(H,19,20)/b18-10+. The Bertz CT molecular complexity index is 696. The van der Waals surface area contributed by atoms with E-state index in [0.29, 0.717) is 11.3 Å². The van der Waals surface area contributed by atoms with Gasteiger partial charge in [0.25, 0.3) is 5.91 Å². The van der Waals surface area contributed by atoms with E-state index in [2.05, 4.69) is 10.5 Å². The number of nitrogens with zero attached hydrogens (tertiary/aromatic N) is 1. The maximum atomic E-state index is 11.9. The van der Waals surface area contributed by atoms with Crippen molar-refractivity contribution in [1.29, 1.82) is 0 Å². The van der Waals surface area contributed by atoms with Crippen molar-refractivity contribution in [2.75, 3.05) is 11.9 Å². The predicted molar refractivity (Wildman–Crippen MR) is 85.9 cm³/mol. The van der Waals surface area contributed by atoms with E-state index in [-0.39, 0.29) is 12.5 Å². The molecule has 2 rings (SSSR count). The molecule has 0 unspecified atom stereocenters. The van der Waals surface area contributed by atoms with Crippen molar-refractivity contribution >= 4 is 17.8 Å². The van der Waals surface area contributed by atoms with Gasteiger partial charge in [-0.15, -0.1) is 0 Å². The summed E-state index contributed by atoms with van der Waals surface area (Å²) < 4.78 is 5.44. The fourth-order valence-corrected chi connectivity index (χ4v) is 2.04. The molecule has 0 atom stereocenters. The van der Waals surface area contributed by atoms with E-state index in [1.54, 1.807) is 24.3 Å². The number of amides is 1. The minimum Gasteiger partial charge on any atom is -0.484 e. The molecule has 2 aromatic rings. The minimum absolute atomic E-state index is 0.0902. The largest absolute Gasteiger partial charge is 0.484 e. The lowest BCUT2D eigenvalue weighted by molar-refractivity contribution is -0.118. The van der Waals surface area contributed by atoms with E-state index in [4.69, 9.17) is 9.94 Å². The quantitative estimate of drug-likeness (QED) is 0.506. The first kappa shape index (κ1) is 15.6. The van der Waals surface area contributed by atoms with Gasteiger partial charge >= 0.3 is 0 Å². The zero-order valence-corrected chi connectivity index (χ0v) is 12.5. The third kappa shape index (κ3) is 4.34. The number of hydrogen-bond donors (Lipinski definition) is 2. The van der Waals surface area contributed by atoms with Crippen LogP contribution < -0.4 is 10.1 Å². The van der Waals surface area contributed by atoms with Crippen molar-refractivity contribution in [2.24, 2.45) is 5.16 Å². The molecule has 0 saturated heterocycles. The third-order valence-electron chi connectivity index (χ3n) is 3.09. The van der Waals surface area contributed by atoms with E-state index < -0.39 is 0 Å². The summed E-state index contributed by atoms with van der Waals surface area (Å²) in [5.74, 6) is 0.307. The number of hydrogen-bond acceptors (Lipinski definition) is 4. The molecule has 5 heteroatoms. The molecule has 0 heterocycles. The summed E-state index contributed by atoms with van der Waals surface area (Å²) in [7, 11) is 0. The van der Waals surface area contributed by atoms with Gasteiger partial charge in [0.2, 0.25) is 0 Å². The van der Waals surface area contributed by atoms with Crippen molar-refractivity contribution in [3.63, 3.8) is 0 Å². The van der Waals surface area contributed by atoms with Gasteiger partial charge in [-0.05, 0) is 43.2 Å². The lowest BCUT2D eigenvalue weighted by Gasteiger charge is -2.10. The van der Waals surface area contributed by atoms with Crippen LogP contribution in [-0.2, 0) is 4.79 Å². The molecule has 0 bridgehead atoms. The topological polar surface area (TPSA) is 70.9 Å². The molecule has 0 radical (unpaired) electrons. The number of carbonyl (C=O) groups excluding carboxylic acids is 1. The van der Waals surface area contributed by atoms with Crippen LogP contribution in [0.4, 0.5) is 5.69 Å². The van der Waals surface area contributed by atoms with Gasteiger partial charge in [0.15, 0.2) is 6.61 Å². The molecule has 1 amide bonds. The minimum atomic E-state index is -0.229. The van der Waals surface area contributed by atoms with E-state index in [1.165, 1.54) is 6.21 Å². The summed E-state index contributed by atoms with van der Waals surface area (Å²) in [6, 6.07) is 12.8. The molecule has 0 aliphatic carbocycles. The number of ether oxygens (including phenoxy) is 1. The van der Waals surface area contributed by atoms with Crippen molar-refractivity contribution in [2.45, 2.75) is 13.8 Å². The van der Waals surface area contributed by atoms with Crippen molar-refractivity contribution < 1.29 is 14.7 Å². The Morgan fingerprint density at radius 3 is 2.82 bits per heavy atom. The maximum absolute atomic E-state index is 11.9. The first-order valence-corrected chi connectivity index (χ1v) is 6.86. The van der Waals surface area contributed by atoms with Gasteiger partial charge in [-0.25, -0.2) is 0 Å². The predicted octanol–water partition coefficient (Wildman–Crippen LogP) is 3.13. The van der Waals surface area contributed by atoms with E-state index in [1.807, 2.05) is 32.0 Å². The highest BCUT2D eigenvalue weighted by atomic mass is 16.5. The molecular formula is C17H18N2O3. The van der Waals surface area contributed by atoms with Crippen LogP contribution >= 0.6 is 0 Å². The Labute approximate surface area is 129 Å². The fourth-order valence-electron chi connectivity index (χ4n) is 2.04. The zero-order valence-electron chi connectivity index (χ0n) is 12.5. The summed E-state index contributed by atoms with van der Waals surface area (Å²) in [4.78, 5) is 11.9. The smallest absolute Gasteiger partial charge is 0.262 e. The average molecular weight is 298 g/mol. The molecule has 5 nitrogen and oxygen atoms in total. The lowest BCUT2D eigenvalue weighted by atomic mass is 10.1. The van der Waals surface area contributed by atoms with E-state index >= 15 is 0 Å². The monoisotopic (exact) mass is 298 g/mol. The number of benzene rings is 2. The highest BCUT2D eigenvalue weighted by Gasteiger charge is 2.06. The second-order valence-electron chi connectivity index (χ2n) is 4.97. The fraction of sp³-hybridized carbons (Fsp3) is 0.176. The van der Waals surface area contributed by atoms with Crippen LogP contribution in [0.2, 0.25) is 0 Å². The van der Waals surface area contributed by atoms with Gasteiger partial charge in [-0.1, -0.05) is 35.0 Å². The Morgan fingerprint density at radius 1 is 1.27 bits per heavy atom. The van der Waals surface area contributed by atoms with Gasteiger partial charge in [0, 0.05) is 5.69 Å². The van der Waals surface area contributed by atoms with Crippen molar-refractivity contribution in [3.05, 3.63) is 59.2 Å². The molecule has 0 saturated carbocycles. The summed E-state index contributed by atoms with van der Waals surface area (Å²) in [5.41, 5.74) is 3.62. The molecule has 0 aromatic heterocycles. The van der Waals surface area contributed by atoms with Crippen LogP contribution in [0.5, 0.6) is 5.75 Å². The van der Waals surface area contributed by atoms with Gasteiger partial charge in [0.1, 0.15) is 5.75 Å². The molecule has 0 fully saturated rings. The molecule has 2 aromatic carbocycles. The summed E-state index contributed by atoms with van der Waals surface area (Å²) in [6.07, 6.45) is 1.29. The van der Waals surface area contributed by atoms with Crippen LogP contribution in [0.15, 0.2) is 47.6 Å². The zero-order chi connectivity index (χ0) is 15.9. The maximum Gasteiger partial charge on any atom is 0.262 e. The van der Waals surface area contributed by atoms with Crippen molar-refractivity contribution in [1.82, 2.24) is 0 Å². The molecule has 114 valence electrons. The van der Waals surface area contributed by atoms with Gasteiger partial charge in [-0.3, -0.25) is 4.79 Å². The normalized spacial score (nSPS) is 10.6. The number of carbonyl (C=O) groups is 1. The summed E-state index contributed by atoms with van der Waals surface area (Å²) in [6.45, 7) is 3.86. The number of nitrogens with one attached hydrogen (secondary N) is 1. The van der Waals surface area contributed by atoms with Crippen LogP contribution in [0.3, 0.4) is 0 Å². The SMILES string of the molecule is Cc1ccc(NC(=O)COc2cccc(/C=N/O)c2)c(C)c1. The number of rotatable bonds is 5. The summed E-state index contributed by atoms with van der Waals surface area (Å²) in [5, 5.41) is 14.3. The first-order chi connectivity index (χ1) is 10.6. The number of anilines is 1. The third-order valence-corrected chi connectivity index (χ3v) is 3.09. The van der Waals surface area contributed by atoms with Crippen LogP contribution in [-0.4, -0.2) is 23.9 Å². The van der Waals surface area contributed by atoms with Crippen LogP contribution in [0.25, 0.3) is 0 Å². The van der Waals surface area contributed by atoms with Gasteiger partial charge < -0.3 is 15.3 Å². The van der Waals surface area contributed by atoms with Crippen LogP contribution in [0, 0.1) is 13.8 Å². The molecule has 22 heavy (non-hydrogen) atoms. The Balaban J connectivity index is 1.94. The van der Waals surface area contributed by atoms with Gasteiger partial charge in [0.05, 0.1) is 6.21 Å². The first-order valence-electron chi connectivity index (χ1n) is 6.86. The Morgan fingerprint density at radius 2 is 2.09 bits per heavy atom. The molecular weight excluding hydrogens is 280 g/mol. The number of oxime groups is 1. The average Bonchev–Trinajstić information content (AvgIpc) is 2.49. The van der Waals surface area contributed by atoms with Gasteiger partial charge in [-0.2, -0.15) is 0 Å². The molecule has 0 aliphatic rings. The Hall–Kier alpha value is -2.82. The second kappa shape index (κ2) is 7.26. The number of aryl methyl sites for hydroxylation is 2. The van der Waals surface area contributed by atoms with E-state index in [9.17, 15) is 4.79 Å². The van der Waals surface area contributed by atoms with Crippen molar-refractivity contribution in [3.8, 4) is 5.75 Å². The highest BCUT2D eigenvalue weighted by Crippen LogP contribution is 2.16. The lowest BCUT2D eigenvalue weighted by Crippen LogP contribution is -2.20. The second-order valence-corrected chi connectivity index (χ2v) is 4.97. The summed E-state index contributed by atoms with van der Waals surface area (Å²) >= 11 is 0. The molecule has 0 aliphatic heterocycles.